The molecule has 196 valence electrons. The molecule has 5 aromatic rings. The normalized spacial score (nSPS) is 17.4. The number of pyridine rings is 1. The van der Waals surface area contributed by atoms with E-state index in [0.29, 0.717) is 24.3 Å². The Balaban J connectivity index is 1.27. The van der Waals surface area contributed by atoms with Gasteiger partial charge < -0.3 is 4.57 Å². The maximum Gasteiger partial charge on any atom is 0.173 e. The van der Waals surface area contributed by atoms with E-state index in [1.165, 1.54) is 0 Å². The molecule has 1 aliphatic rings. The molecule has 1 saturated carbocycles. The van der Waals surface area contributed by atoms with Crippen molar-refractivity contribution in [1.82, 2.24) is 14.5 Å². The molecule has 0 spiro atoms. The molecule has 2 atom stereocenters. The molecule has 0 radical (unpaired) electrons. The minimum Gasteiger partial charge on any atom is -0.320 e. The first kappa shape index (κ1) is 25.4. The number of ketones is 2. The van der Waals surface area contributed by atoms with E-state index >= 15 is 0 Å². The molecule has 6 heteroatoms. The summed E-state index contributed by atoms with van der Waals surface area (Å²) < 4.78 is 2.31. The Morgan fingerprint density at radius 3 is 2.59 bits per heavy atom. The molecule has 1 aliphatic carbocycles. The quantitative estimate of drug-likeness (QED) is 0.188. The van der Waals surface area contributed by atoms with E-state index in [4.69, 9.17) is 4.98 Å². The molecule has 39 heavy (non-hydrogen) atoms. The number of imidazole rings is 1. The van der Waals surface area contributed by atoms with Crippen LogP contribution in [0.1, 0.15) is 71.5 Å². The predicted molar refractivity (Wildman–Crippen MR) is 157 cm³/mol. The van der Waals surface area contributed by atoms with E-state index in [0.717, 1.165) is 63.6 Å². The van der Waals surface area contributed by atoms with Gasteiger partial charge >= 0.3 is 0 Å². The van der Waals surface area contributed by atoms with Gasteiger partial charge in [0.05, 0.1) is 15.9 Å². The summed E-state index contributed by atoms with van der Waals surface area (Å²) in [6, 6.07) is 26.2. The Labute approximate surface area is 232 Å². The van der Waals surface area contributed by atoms with Crippen molar-refractivity contribution in [3.63, 3.8) is 0 Å². The van der Waals surface area contributed by atoms with Gasteiger partial charge in [-0.1, -0.05) is 49.7 Å². The molecular weight excluding hydrogens is 502 g/mol. The number of hydrogen-bond donors (Lipinski definition) is 0. The second-order valence-corrected chi connectivity index (χ2v) is 11.4. The number of nitrogens with zero attached hydrogens (tertiary/aromatic N) is 3. The summed E-state index contributed by atoms with van der Waals surface area (Å²) in [5.74, 6) is 1.49. The zero-order chi connectivity index (χ0) is 26.8. The molecular formula is C33H31N3O2S. The van der Waals surface area contributed by atoms with Crippen LogP contribution < -0.4 is 0 Å². The molecule has 0 amide bonds. The fraction of sp³-hybridized carbons (Fsp3) is 0.273. The molecule has 5 nitrogen and oxygen atoms in total. The molecule has 0 unspecified atom stereocenters. The SMILES string of the molecule is CCC(=O)c1ccc2c(c1)nc(-c1ccccn1)n2[C@@H]1CCC[C@H](CC(=O)c2ccc(-c3ccccc3)s2)C1. The fourth-order valence-electron chi connectivity index (χ4n) is 5.81. The number of benzene rings is 2. The minimum absolute atomic E-state index is 0.117. The van der Waals surface area contributed by atoms with Crippen molar-refractivity contribution >= 4 is 33.9 Å². The van der Waals surface area contributed by atoms with Crippen LogP contribution >= 0.6 is 11.3 Å². The Bertz CT molecular complexity index is 1620. The van der Waals surface area contributed by atoms with Gasteiger partial charge in [-0.25, -0.2) is 4.98 Å². The lowest BCUT2D eigenvalue weighted by Gasteiger charge is -2.31. The van der Waals surface area contributed by atoms with Crippen LogP contribution in [0.25, 0.3) is 33.0 Å². The Morgan fingerprint density at radius 2 is 1.79 bits per heavy atom. The molecule has 6 rings (SSSR count). The van der Waals surface area contributed by atoms with E-state index in [9.17, 15) is 9.59 Å². The summed E-state index contributed by atoms with van der Waals surface area (Å²) in [7, 11) is 0. The molecule has 0 bridgehead atoms. The second kappa shape index (κ2) is 11.1. The summed E-state index contributed by atoms with van der Waals surface area (Å²) in [5, 5.41) is 0. The van der Waals surface area contributed by atoms with Crippen LogP contribution in [-0.2, 0) is 0 Å². The third-order valence-corrected chi connectivity index (χ3v) is 8.94. The minimum atomic E-state index is 0.117. The molecule has 1 fully saturated rings. The number of aromatic nitrogens is 3. The van der Waals surface area contributed by atoms with E-state index in [1.807, 2.05) is 67.6 Å². The number of carbonyl (C=O) groups is 2. The number of carbonyl (C=O) groups excluding carboxylic acids is 2. The number of rotatable bonds is 8. The molecule has 0 N–H and O–H groups in total. The lowest BCUT2D eigenvalue weighted by atomic mass is 9.82. The summed E-state index contributed by atoms with van der Waals surface area (Å²) in [4.78, 5) is 37.3. The van der Waals surface area contributed by atoms with Crippen molar-refractivity contribution in [2.45, 2.75) is 51.5 Å². The van der Waals surface area contributed by atoms with Gasteiger partial charge in [-0.05, 0) is 73.2 Å². The van der Waals surface area contributed by atoms with E-state index < -0.39 is 0 Å². The highest BCUT2D eigenvalue weighted by Crippen LogP contribution is 2.40. The van der Waals surface area contributed by atoms with Crippen LogP contribution in [0.3, 0.4) is 0 Å². The van der Waals surface area contributed by atoms with Crippen molar-refractivity contribution in [3.05, 3.63) is 95.5 Å². The van der Waals surface area contributed by atoms with Gasteiger partial charge in [0.15, 0.2) is 17.4 Å². The lowest BCUT2D eigenvalue weighted by molar-refractivity contribution is 0.0944. The van der Waals surface area contributed by atoms with Gasteiger partial charge in [0.1, 0.15) is 5.69 Å². The number of hydrogen-bond acceptors (Lipinski definition) is 5. The van der Waals surface area contributed by atoms with E-state index in [2.05, 4.69) is 27.8 Å². The molecule has 0 saturated heterocycles. The van der Waals surface area contributed by atoms with Crippen LogP contribution in [-0.4, -0.2) is 26.1 Å². The maximum absolute atomic E-state index is 13.3. The van der Waals surface area contributed by atoms with E-state index in [-0.39, 0.29) is 17.6 Å². The van der Waals surface area contributed by atoms with Crippen molar-refractivity contribution < 1.29 is 9.59 Å². The summed E-state index contributed by atoms with van der Waals surface area (Å²) in [5.41, 5.74) is 4.51. The van der Waals surface area contributed by atoms with Gasteiger partial charge in [0.25, 0.3) is 0 Å². The topological polar surface area (TPSA) is 64.8 Å². The Kier molecular flexibility index (Phi) is 7.20. The molecule has 0 aliphatic heterocycles. The number of Topliss-reactive ketones (excluding diaryl/α,β-unsaturated/α-hetero) is 2. The highest BCUT2D eigenvalue weighted by molar-refractivity contribution is 7.17. The summed E-state index contributed by atoms with van der Waals surface area (Å²) in [6.45, 7) is 1.88. The third-order valence-electron chi connectivity index (χ3n) is 7.76. The first-order chi connectivity index (χ1) is 19.1. The number of fused-ring (bicyclic) bond motifs is 1. The van der Waals surface area contributed by atoms with Crippen LogP contribution in [0.5, 0.6) is 0 Å². The van der Waals surface area contributed by atoms with Gasteiger partial charge in [-0.3, -0.25) is 14.6 Å². The zero-order valence-corrected chi connectivity index (χ0v) is 22.9. The lowest BCUT2D eigenvalue weighted by Crippen LogP contribution is -2.22. The highest BCUT2D eigenvalue weighted by Gasteiger charge is 2.29. The van der Waals surface area contributed by atoms with Crippen molar-refractivity contribution in [3.8, 4) is 22.0 Å². The van der Waals surface area contributed by atoms with Gasteiger partial charge in [-0.2, -0.15) is 0 Å². The standard InChI is InChI=1S/C33H31N3O2S/c1-2-29(37)24-14-15-28-27(21-24)35-33(26-13-6-7-18-34-26)36(28)25-12-8-9-22(19-25)20-30(38)32-17-16-31(39-32)23-10-4-3-5-11-23/h3-7,10-11,13-18,21-22,25H,2,8-9,12,19-20H2,1H3/t22-,25+/m0/s1. The first-order valence-corrected chi connectivity index (χ1v) is 14.6. The zero-order valence-electron chi connectivity index (χ0n) is 22.0. The van der Waals surface area contributed by atoms with Gasteiger partial charge in [-0.15, -0.1) is 11.3 Å². The molecule has 3 heterocycles. The Hall–Kier alpha value is -3.90. The maximum atomic E-state index is 13.3. The third kappa shape index (κ3) is 5.21. The average Bonchev–Trinajstić information content (AvgIpc) is 3.63. The van der Waals surface area contributed by atoms with Crippen molar-refractivity contribution in [2.24, 2.45) is 5.92 Å². The summed E-state index contributed by atoms with van der Waals surface area (Å²) in [6.07, 6.45) is 6.89. The van der Waals surface area contributed by atoms with Crippen molar-refractivity contribution in [2.75, 3.05) is 0 Å². The first-order valence-electron chi connectivity index (χ1n) is 13.8. The van der Waals surface area contributed by atoms with Gasteiger partial charge in [0.2, 0.25) is 0 Å². The van der Waals surface area contributed by atoms with Crippen molar-refractivity contribution in [1.29, 1.82) is 0 Å². The van der Waals surface area contributed by atoms with Crippen LogP contribution in [0, 0.1) is 5.92 Å². The average molecular weight is 534 g/mol. The molecule has 2 aromatic carbocycles. The highest BCUT2D eigenvalue weighted by atomic mass is 32.1. The van der Waals surface area contributed by atoms with Gasteiger partial charge in [0, 0.05) is 35.5 Å². The number of thiophene rings is 1. The largest absolute Gasteiger partial charge is 0.320 e. The van der Waals surface area contributed by atoms with Crippen LogP contribution in [0.4, 0.5) is 0 Å². The second-order valence-electron chi connectivity index (χ2n) is 10.3. The predicted octanol–water partition coefficient (Wildman–Crippen LogP) is 8.42. The Morgan fingerprint density at radius 1 is 0.949 bits per heavy atom. The van der Waals surface area contributed by atoms with Crippen LogP contribution in [0.15, 0.2) is 85.1 Å². The fourth-order valence-corrected chi connectivity index (χ4v) is 6.77. The van der Waals surface area contributed by atoms with E-state index in [1.54, 1.807) is 17.5 Å². The van der Waals surface area contributed by atoms with Crippen LogP contribution in [0.2, 0.25) is 0 Å². The summed E-state index contributed by atoms with van der Waals surface area (Å²) >= 11 is 1.59. The smallest absolute Gasteiger partial charge is 0.173 e. The molecule has 3 aromatic heterocycles. The monoisotopic (exact) mass is 533 g/mol.